The van der Waals surface area contributed by atoms with Crippen LogP contribution in [0.4, 0.5) is 5.95 Å². The highest BCUT2D eigenvalue weighted by molar-refractivity contribution is 9.10. The number of imidazole rings is 1. The Bertz CT molecular complexity index is 1080. The molecule has 0 fully saturated rings. The van der Waals surface area contributed by atoms with Crippen LogP contribution in [0.3, 0.4) is 0 Å². The molecule has 0 aliphatic carbocycles. The third kappa shape index (κ3) is 3.13. The van der Waals surface area contributed by atoms with Crippen molar-refractivity contribution in [3.8, 4) is 0 Å². The van der Waals surface area contributed by atoms with Crippen molar-refractivity contribution in [3.05, 3.63) is 76.5 Å². The number of amides is 1. The third-order valence-corrected chi connectivity index (χ3v) is 4.73. The van der Waals surface area contributed by atoms with Crippen molar-refractivity contribution in [3.63, 3.8) is 0 Å². The predicted octanol–water partition coefficient (Wildman–Crippen LogP) is 3.25. The second-order valence-corrected chi connectivity index (χ2v) is 6.88. The van der Waals surface area contributed by atoms with E-state index in [-0.39, 0.29) is 5.91 Å². The number of hydrogen-bond donors (Lipinski definition) is 2. The minimum atomic E-state index is -0.248. The van der Waals surface area contributed by atoms with Crippen molar-refractivity contribution in [2.45, 2.75) is 6.54 Å². The first kappa shape index (κ1) is 16.5. The first-order chi connectivity index (χ1) is 12.6. The lowest BCUT2D eigenvalue weighted by Crippen LogP contribution is -2.30. The van der Waals surface area contributed by atoms with Gasteiger partial charge in [0.25, 0.3) is 5.91 Å². The number of nitrogens with one attached hydrogen (secondary N) is 2. The quantitative estimate of drug-likeness (QED) is 0.507. The zero-order valence-corrected chi connectivity index (χ0v) is 15.7. The van der Waals surface area contributed by atoms with Gasteiger partial charge < -0.3 is 4.57 Å². The molecular weight excluding hydrogens is 394 g/mol. The summed E-state index contributed by atoms with van der Waals surface area (Å²) in [7, 11) is 1.83. The number of H-pyrrole nitrogens is 1. The van der Waals surface area contributed by atoms with E-state index in [0.717, 1.165) is 16.6 Å². The fourth-order valence-electron chi connectivity index (χ4n) is 2.92. The highest BCUT2D eigenvalue weighted by Gasteiger charge is 2.20. The van der Waals surface area contributed by atoms with Gasteiger partial charge >= 0.3 is 0 Å². The normalized spacial score (nSPS) is 11.0. The van der Waals surface area contributed by atoms with Crippen LogP contribution in [0.5, 0.6) is 0 Å². The van der Waals surface area contributed by atoms with Gasteiger partial charge in [-0.05, 0) is 33.6 Å². The van der Waals surface area contributed by atoms with Crippen LogP contribution < -0.4 is 10.00 Å². The molecule has 0 aliphatic heterocycles. The first-order valence-corrected chi connectivity index (χ1v) is 8.96. The third-order valence-electron chi connectivity index (χ3n) is 4.12. The molecule has 0 spiro atoms. The largest absolute Gasteiger partial charge is 0.305 e. The number of hydrogen-bond acceptors (Lipinski definition) is 2. The Balaban J connectivity index is 1.73. The molecule has 0 unspecified atom stereocenters. The van der Waals surface area contributed by atoms with E-state index >= 15 is 0 Å². The highest BCUT2D eigenvalue weighted by Crippen LogP contribution is 2.22. The number of rotatable bonds is 4. The topological polar surface area (TPSA) is 66.6 Å². The molecule has 4 rings (SSSR count). The number of halogens is 1. The number of fused-ring (bicyclic) bond motifs is 1. The number of para-hydroxylation sites is 2. The van der Waals surface area contributed by atoms with Gasteiger partial charge in [0.2, 0.25) is 12.1 Å². The van der Waals surface area contributed by atoms with Crippen LogP contribution in [-0.4, -0.2) is 20.6 Å². The Morgan fingerprint density at radius 2 is 1.92 bits per heavy atom. The van der Waals surface area contributed by atoms with Gasteiger partial charge in [-0.15, -0.1) is 4.68 Å². The lowest BCUT2D eigenvalue weighted by Gasteiger charge is -2.10. The number of aromatic nitrogens is 4. The maximum Gasteiger partial charge on any atom is 0.281 e. The average Bonchev–Trinajstić information content (AvgIpc) is 3.15. The molecule has 0 aliphatic rings. The van der Waals surface area contributed by atoms with Crippen molar-refractivity contribution in [2.75, 3.05) is 5.32 Å². The number of aromatic amines is 1. The number of carbonyl (C=O) groups excluding carboxylic acids is 1. The zero-order valence-electron chi connectivity index (χ0n) is 14.1. The fourth-order valence-corrected chi connectivity index (χ4v) is 3.49. The number of benzene rings is 2. The molecule has 2 heterocycles. The van der Waals surface area contributed by atoms with Crippen molar-refractivity contribution >= 4 is 38.8 Å². The molecule has 1 amide bonds. The number of anilines is 1. The predicted molar refractivity (Wildman–Crippen MR) is 103 cm³/mol. The summed E-state index contributed by atoms with van der Waals surface area (Å²) in [6.07, 6.45) is 1.79. The molecule has 0 bridgehead atoms. The SMILES string of the molecule is C[n+]1cc(Br)c(C(=O)Nc2nc3ccccc3n2Cc2ccccc2)[nH]1. The van der Waals surface area contributed by atoms with E-state index < -0.39 is 0 Å². The first-order valence-electron chi connectivity index (χ1n) is 8.16. The molecule has 2 aromatic heterocycles. The van der Waals surface area contributed by atoms with Crippen molar-refractivity contribution in [1.82, 2.24) is 14.6 Å². The van der Waals surface area contributed by atoms with Crippen LogP contribution in [0.25, 0.3) is 11.0 Å². The van der Waals surface area contributed by atoms with Gasteiger partial charge in [-0.1, -0.05) is 42.5 Å². The molecule has 0 saturated heterocycles. The summed E-state index contributed by atoms with van der Waals surface area (Å²) in [6, 6.07) is 18.0. The second-order valence-electron chi connectivity index (χ2n) is 6.02. The smallest absolute Gasteiger partial charge is 0.281 e. The van der Waals surface area contributed by atoms with Gasteiger partial charge in [0, 0.05) is 0 Å². The minimum absolute atomic E-state index is 0.248. The van der Waals surface area contributed by atoms with Gasteiger partial charge in [0.05, 0.1) is 17.6 Å². The van der Waals surface area contributed by atoms with Crippen LogP contribution >= 0.6 is 15.9 Å². The molecule has 0 atom stereocenters. The van der Waals surface area contributed by atoms with E-state index in [1.54, 1.807) is 10.9 Å². The van der Waals surface area contributed by atoms with E-state index in [9.17, 15) is 4.79 Å². The standard InChI is InChI=1S/C19H16BrN5O/c1-24-12-14(20)17(23-24)18(26)22-19-21-15-9-5-6-10-16(15)25(19)11-13-7-3-2-4-8-13/h2-10,12H,11H2,1H3,(H,21,22,26)/p+1. The van der Waals surface area contributed by atoms with Crippen LogP contribution in [-0.2, 0) is 13.6 Å². The van der Waals surface area contributed by atoms with Crippen molar-refractivity contribution < 1.29 is 9.48 Å². The molecule has 130 valence electrons. The maximum atomic E-state index is 12.7. The number of nitrogens with zero attached hydrogens (tertiary/aromatic N) is 3. The summed E-state index contributed by atoms with van der Waals surface area (Å²) in [4.78, 5) is 17.3. The summed E-state index contributed by atoms with van der Waals surface area (Å²) in [5, 5.41) is 5.92. The molecular formula is C19H17BrN5O+. The molecule has 6 nitrogen and oxygen atoms in total. The van der Waals surface area contributed by atoms with E-state index in [1.807, 2.05) is 54.1 Å². The molecule has 4 aromatic rings. The minimum Gasteiger partial charge on any atom is -0.305 e. The summed E-state index contributed by atoms with van der Waals surface area (Å²) in [5.74, 6) is 0.270. The summed E-state index contributed by atoms with van der Waals surface area (Å²) in [6.45, 7) is 0.622. The van der Waals surface area contributed by atoms with E-state index in [4.69, 9.17) is 0 Å². The lowest BCUT2D eigenvalue weighted by atomic mass is 10.2. The summed E-state index contributed by atoms with van der Waals surface area (Å²) >= 11 is 3.40. The molecule has 0 saturated carbocycles. The monoisotopic (exact) mass is 410 g/mol. The summed E-state index contributed by atoms with van der Waals surface area (Å²) in [5.41, 5.74) is 3.40. The molecule has 0 radical (unpaired) electrons. The van der Waals surface area contributed by atoms with Crippen LogP contribution in [0, 0.1) is 0 Å². The Morgan fingerprint density at radius 3 is 2.65 bits per heavy atom. The number of carbonyl (C=O) groups is 1. The zero-order chi connectivity index (χ0) is 18.1. The van der Waals surface area contributed by atoms with E-state index in [0.29, 0.717) is 22.7 Å². The van der Waals surface area contributed by atoms with Crippen molar-refractivity contribution in [2.24, 2.45) is 7.05 Å². The van der Waals surface area contributed by atoms with Gasteiger partial charge in [0.1, 0.15) is 4.47 Å². The molecule has 2 N–H and O–H groups in total. The van der Waals surface area contributed by atoms with Crippen LogP contribution in [0.15, 0.2) is 65.3 Å². The maximum absolute atomic E-state index is 12.7. The lowest BCUT2D eigenvalue weighted by molar-refractivity contribution is -0.727. The van der Waals surface area contributed by atoms with Gasteiger partial charge in [-0.3, -0.25) is 10.1 Å². The Labute approximate surface area is 158 Å². The Morgan fingerprint density at radius 1 is 1.19 bits per heavy atom. The second kappa shape index (κ2) is 6.76. The van der Waals surface area contributed by atoms with Crippen molar-refractivity contribution in [1.29, 1.82) is 0 Å². The highest BCUT2D eigenvalue weighted by atomic mass is 79.9. The van der Waals surface area contributed by atoms with Gasteiger partial charge in [-0.2, -0.15) is 5.10 Å². The number of aryl methyl sites for hydroxylation is 1. The van der Waals surface area contributed by atoms with E-state index in [2.05, 4.69) is 43.5 Å². The Hall–Kier alpha value is -2.93. The van der Waals surface area contributed by atoms with Crippen LogP contribution in [0.1, 0.15) is 16.1 Å². The average molecular weight is 411 g/mol. The van der Waals surface area contributed by atoms with Gasteiger partial charge in [-0.25, -0.2) is 4.98 Å². The molecule has 26 heavy (non-hydrogen) atoms. The summed E-state index contributed by atoms with van der Waals surface area (Å²) < 4.78 is 4.42. The fraction of sp³-hybridized carbons (Fsp3) is 0.105. The Kier molecular flexibility index (Phi) is 4.30. The molecule has 7 heteroatoms. The molecule has 2 aromatic carbocycles. The van der Waals surface area contributed by atoms with E-state index in [1.165, 1.54) is 0 Å². The van der Waals surface area contributed by atoms with Crippen LogP contribution in [0.2, 0.25) is 0 Å². The van der Waals surface area contributed by atoms with Gasteiger partial charge in [0.15, 0.2) is 12.7 Å².